The Morgan fingerprint density at radius 3 is 2.53 bits per heavy atom. The molecule has 0 amide bonds. The molecule has 1 aliphatic rings. The van der Waals surface area contributed by atoms with Crippen LogP contribution in [0.3, 0.4) is 0 Å². The third kappa shape index (κ3) is 3.32. The molecule has 0 unspecified atom stereocenters. The Morgan fingerprint density at radius 1 is 1.35 bits per heavy atom. The lowest BCUT2D eigenvalue weighted by Crippen LogP contribution is -2.46. The predicted molar refractivity (Wildman–Crippen MR) is 68.4 cm³/mol. The predicted octanol–water partition coefficient (Wildman–Crippen LogP) is 2.36. The van der Waals surface area contributed by atoms with Crippen molar-refractivity contribution < 1.29 is 4.74 Å². The van der Waals surface area contributed by atoms with Gasteiger partial charge >= 0.3 is 0 Å². The highest BCUT2D eigenvalue weighted by molar-refractivity contribution is 5.34. The molecule has 1 aliphatic heterocycles. The van der Waals surface area contributed by atoms with Gasteiger partial charge in [0.05, 0.1) is 19.0 Å². The maximum absolute atomic E-state index is 5.58. The van der Waals surface area contributed by atoms with Crippen molar-refractivity contribution in [1.29, 1.82) is 0 Å². The van der Waals surface area contributed by atoms with Crippen molar-refractivity contribution in [3.63, 3.8) is 0 Å². The zero-order chi connectivity index (χ0) is 12.3. The molecular formula is C13H21N3O. The van der Waals surface area contributed by atoms with Crippen LogP contribution in [0.5, 0.6) is 5.75 Å². The summed E-state index contributed by atoms with van der Waals surface area (Å²) in [6, 6.07) is 0. The van der Waals surface area contributed by atoms with E-state index in [1.807, 2.05) is 0 Å². The molecule has 0 aromatic carbocycles. The van der Waals surface area contributed by atoms with Crippen molar-refractivity contribution >= 4 is 5.95 Å². The summed E-state index contributed by atoms with van der Waals surface area (Å²) >= 11 is 0. The van der Waals surface area contributed by atoms with Crippen LogP contribution in [0.2, 0.25) is 0 Å². The number of ether oxygens (including phenoxy) is 1. The van der Waals surface area contributed by atoms with Crippen LogP contribution in [-0.4, -0.2) is 29.7 Å². The maximum atomic E-state index is 5.58. The van der Waals surface area contributed by atoms with E-state index < -0.39 is 0 Å². The van der Waals surface area contributed by atoms with Crippen molar-refractivity contribution in [3.05, 3.63) is 12.4 Å². The lowest BCUT2D eigenvalue weighted by molar-refractivity contribution is 0.287. The summed E-state index contributed by atoms with van der Waals surface area (Å²) in [5.74, 6) is 3.01. The molecule has 0 atom stereocenters. The van der Waals surface area contributed by atoms with Gasteiger partial charge in [0.15, 0.2) is 5.75 Å². The number of aromatic nitrogens is 2. The first-order valence-electron chi connectivity index (χ1n) is 6.35. The van der Waals surface area contributed by atoms with E-state index in [9.17, 15) is 0 Å². The lowest BCUT2D eigenvalue weighted by Gasteiger charge is -2.36. The zero-order valence-corrected chi connectivity index (χ0v) is 10.9. The Morgan fingerprint density at radius 2 is 2.00 bits per heavy atom. The highest BCUT2D eigenvalue weighted by Gasteiger charge is 2.24. The summed E-state index contributed by atoms with van der Waals surface area (Å²) in [5.41, 5.74) is 0. The first-order valence-corrected chi connectivity index (χ1v) is 6.35. The van der Waals surface area contributed by atoms with Crippen molar-refractivity contribution in [1.82, 2.24) is 9.97 Å². The zero-order valence-electron chi connectivity index (χ0n) is 10.9. The average molecular weight is 235 g/mol. The molecule has 4 nitrogen and oxygen atoms in total. The normalized spacial score (nSPS) is 16.1. The van der Waals surface area contributed by atoms with Crippen LogP contribution in [0.1, 0.15) is 27.2 Å². The highest BCUT2D eigenvalue weighted by Crippen LogP contribution is 2.21. The Bertz CT molecular complexity index is 344. The topological polar surface area (TPSA) is 38.2 Å². The molecule has 1 fully saturated rings. The maximum Gasteiger partial charge on any atom is 0.225 e. The van der Waals surface area contributed by atoms with E-state index >= 15 is 0 Å². The van der Waals surface area contributed by atoms with E-state index in [2.05, 4.69) is 35.6 Å². The van der Waals surface area contributed by atoms with E-state index in [4.69, 9.17) is 4.74 Å². The van der Waals surface area contributed by atoms with Crippen LogP contribution in [0.15, 0.2) is 12.4 Å². The summed E-state index contributed by atoms with van der Waals surface area (Å²) in [4.78, 5) is 10.8. The van der Waals surface area contributed by atoms with E-state index in [0.29, 0.717) is 5.92 Å². The number of anilines is 1. The van der Waals surface area contributed by atoms with Gasteiger partial charge in [-0.2, -0.15) is 0 Å². The van der Waals surface area contributed by atoms with E-state index in [1.165, 1.54) is 0 Å². The summed E-state index contributed by atoms with van der Waals surface area (Å²) in [7, 11) is 0. The van der Waals surface area contributed by atoms with Gasteiger partial charge in [-0.15, -0.1) is 0 Å². The summed E-state index contributed by atoms with van der Waals surface area (Å²) in [6.07, 6.45) is 4.60. The SMILES string of the molecule is CC(C)CCOc1cnc(N2CC(C)C2)nc1. The number of hydrogen-bond acceptors (Lipinski definition) is 4. The second-order valence-corrected chi connectivity index (χ2v) is 5.26. The summed E-state index contributed by atoms with van der Waals surface area (Å²) in [5, 5.41) is 0. The van der Waals surface area contributed by atoms with Crippen LogP contribution >= 0.6 is 0 Å². The smallest absolute Gasteiger partial charge is 0.225 e. The monoisotopic (exact) mass is 235 g/mol. The summed E-state index contributed by atoms with van der Waals surface area (Å²) in [6.45, 7) is 9.48. The number of rotatable bonds is 5. The lowest BCUT2D eigenvalue weighted by atomic mass is 10.0. The van der Waals surface area contributed by atoms with E-state index in [0.717, 1.165) is 43.7 Å². The number of nitrogens with zero attached hydrogens (tertiary/aromatic N) is 3. The minimum atomic E-state index is 0.665. The van der Waals surface area contributed by atoms with Crippen LogP contribution in [0, 0.1) is 11.8 Å². The van der Waals surface area contributed by atoms with Crippen LogP contribution < -0.4 is 9.64 Å². The quantitative estimate of drug-likeness (QED) is 0.785. The van der Waals surface area contributed by atoms with Crippen LogP contribution in [0.4, 0.5) is 5.95 Å². The third-order valence-corrected chi connectivity index (χ3v) is 2.93. The molecule has 2 heterocycles. The van der Waals surface area contributed by atoms with E-state index in [-0.39, 0.29) is 0 Å². The fraction of sp³-hybridized carbons (Fsp3) is 0.692. The van der Waals surface area contributed by atoms with E-state index in [1.54, 1.807) is 12.4 Å². The fourth-order valence-corrected chi connectivity index (χ4v) is 1.82. The third-order valence-electron chi connectivity index (χ3n) is 2.93. The van der Waals surface area contributed by atoms with Crippen LogP contribution in [-0.2, 0) is 0 Å². The van der Waals surface area contributed by atoms with Gasteiger partial charge in [0.25, 0.3) is 0 Å². The summed E-state index contributed by atoms with van der Waals surface area (Å²) < 4.78 is 5.58. The van der Waals surface area contributed by atoms with Crippen molar-refractivity contribution in [2.45, 2.75) is 27.2 Å². The van der Waals surface area contributed by atoms with Gasteiger partial charge in [0, 0.05) is 13.1 Å². The van der Waals surface area contributed by atoms with Crippen molar-refractivity contribution in [3.8, 4) is 5.75 Å². The molecule has 0 saturated carbocycles. The Balaban J connectivity index is 1.81. The Kier molecular flexibility index (Phi) is 3.82. The Labute approximate surface area is 103 Å². The number of hydrogen-bond donors (Lipinski definition) is 0. The van der Waals surface area contributed by atoms with Gasteiger partial charge < -0.3 is 9.64 Å². The molecule has 1 saturated heterocycles. The van der Waals surface area contributed by atoms with Gasteiger partial charge in [0.2, 0.25) is 5.95 Å². The molecule has 0 bridgehead atoms. The molecule has 17 heavy (non-hydrogen) atoms. The highest BCUT2D eigenvalue weighted by atomic mass is 16.5. The van der Waals surface area contributed by atoms with Gasteiger partial charge in [0.1, 0.15) is 0 Å². The fourth-order valence-electron chi connectivity index (χ4n) is 1.82. The van der Waals surface area contributed by atoms with Gasteiger partial charge in [-0.25, -0.2) is 9.97 Å². The molecule has 1 aromatic heterocycles. The van der Waals surface area contributed by atoms with Crippen LogP contribution in [0.25, 0.3) is 0 Å². The average Bonchev–Trinajstić information content (AvgIpc) is 2.26. The van der Waals surface area contributed by atoms with Gasteiger partial charge in [-0.05, 0) is 18.3 Å². The van der Waals surface area contributed by atoms with Crippen molar-refractivity contribution in [2.24, 2.45) is 11.8 Å². The molecule has 0 aliphatic carbocycles. The second kappa shape index (κ2) is 5.34. The molecular weight excluding hydrogens is 214 g/mol. The van der Waals surface area contributed by atoms with Gasteiger partial charge in [-0.1, -0.05) is 20.8 Å². The molecule has 2 rings (SSSR count). The molecule has 0 N–H and O–H groups in total. The standard InChI is InChI=1S/C13H21N3O/c1-10(2)4-5-17-12-6-14-13(15-7-12)16-8-11(3)9-16/h6-7,10-11H,4-5,8-9H2,1-3H3. The van der Waals surface area contributed by atoms with Gasteiger partial charge in [-0.3, -0.25) is 0 Å². The molecule has 1 aromatic rings. The molecule has 94 valence electrons. The molecule has 0 radical (unpaired) electrons. The second-order valence-electron chi connectivity index (χ2n) is 5.26. The van der Waals surface area contributed by atoms with Crippen molar-refractivity contribution in [2.75, 3.05) is 24.6 Å². The molecule has 0 spiro atoms. The Hall–Kier alpha value is -1.32. The minimum Gasteiger partial charge on any atom is -0.490 e. The minimum absolute atomic E-state index is 0.665. The molecule has 4 heteroatoms. The first-order chi connectivity index (χ1) is 8.15. The first kappa shape index (κ1) is 12.1. The largest absolute Gasteiger partial charge is 0.490 e.